The summed E-state index contributed by atoms with van der Waals surface area (Å²) in [6.07, 6.45) is 0.752. The second kappa shape index (κ2) is 10.9. The lowest BCUT2D eigenvalue weighted by atomic mass is 10.1. The number of carbonyl (C=O) groups excluding carboxylic acids is 1. The number of primary amides is 1. The molecule has 1 amide bonds. The molecule has 0 heterocycles. The Morgan fingerprint density at radius 3 is 2.59 bits per heavy atom. The number of aryl methyl sites for hydroxylation is 1. The molecule has 0 saturated carbocycles. The van der Waals surface area contributed by atoms with Gasteiger partial charge in [-0.15, -0.1) is 0 Å². The average molecular weight is 326 g/mol. The molecule has 1 aromatic carbocycles. The van der Waals surface area contributed by atoms with Crippen molar-refractivity contribution in [2.24, 2.45) is 5.73 Å². The van der Waals surface area contributed by atoms with Crippen LogP contribution in [0.4, 0.5) is 4.79 Å². The zero-order chi connectivity index (χ0) is 16.2. The van der Waals surface area contributed by atoms with Crippen LogP contribution in [0.3, 0.4) is 0 Å². The molecular weight excluding hydrogens is 304 g/mol. The molecule has 0 unspecified atom stereocenters. The Hall–Kier alpha value is -1.70. The number of rotatable bonds is 10. The molecule has 0 atom stereocenters. The van der Waals surface area contributed by atoms with Crippen molar-refractivity contribution in [3.05, 3.63) is 29.8 Å². The van der Waals surface area contributed by atoms with Crippen LogP contribution in [0.2, 0.25) is 0 Å². The summed E-state index contributed by atoms with van der Waals surface area (Å²) in [5.41, 5.74) is 6.05. The number of amides is 1. The third-order valence-corrected chi connectivity index (χ3v) is 3.13. The smallest absolute Gasteiger partial charge is 0.409 e. The highest BCUT2D eigenvalue weighted by Crippen LogP contribution is 2.13. The van der Waals surface area contributed by atoms with Crippen LogP contribution in [0.15, 0.2) is 24.3 Å². The lowest BCUT2D eigenvalue weighted by Crippen LogP contribution is -2.26. The summed E-state index contributed by atoms with van der Waals surface area (Å²) in [6.45, 7) is 2.47. The Bertz CT molecular complexity index is 465. The summed E-state index contributed by atoms with van der Waals surface area (Å²) in [5.74, 6) is 0.435. The third-order valence-electron chi connectivity index (χ3n) is 2.78. The van der Waals surface area contributed by atoms with Crippen LogP contribution >= 0.6 is 12.2 Å². The fourth-order valence-corrected chi connectivity index (χ4v) is 1.90. The topological polar surface area (TPSA) is 82.8 Å². The van der Waals surface area contributed by atoms with E-state index in [0.717, 1.165) is 23.4 Å². The SMILES string of the molecule is COCCOCCNC(=S)CCc1ccc(OC(N)=O)cc1. The van der Waals surface area contributed by atoms with Crippen LogP contribution in [-0.2, 0) is 15.9 Å². The van der Waals surface area contributed by atoms with E-state index in [2.05, 4.69) is 5.32 Å². The molecule has 0 radical (unpaired) electrons. The molecule has 0 aliphatic heterocycles. The number of ether oxygens (including phenoxy) is 3. The van der Waals surface area contributed by atoms with Gasteiger partial charge in [0.15, 0.2) is 0 Å². The Morgan fingerprint density at radius 1 is 1.23 bits per heavy atom. The number of thiocarbonyl (C=S) groups is 1. The summed E-state index contributed by atoms with van der Waals surface area (Å²) in [4.78, 5) is 11.4. The second-order valence-corrected chi connectivity index (χ2v) is 5.01. The minimum atomic E-state index is -0.814. The fraction of sp³-hybridized carbons (Fsp3) is 0.467. The van der Waals surface area contributed by atoms with Crippen molar-refractivity contribution < 1.29 is 19.0 Å². The van der Waals surface area contributed by atoms with Crippen LogP contribution in [0, 0.1) is 0 Å². The molecule has 7 heteroatoms. The van der Waals surface area contributed by atoms with Crippen LogP contribution in [0.1, 0.15) is 12.0 Å². The molecule has 6 nitrogen and oxygen atoms in total. The first-order valence-electron chi connectivity index (χ1n) is 7.01. The van der Waals surface area contributed by atoms with Gasteiger partial charge in [-0.1, -0.05) is 24.4 Å². The van der Waals surface area contributed by atoms with Crippen LogP contribution in [0.5, 0.6) is 5.75 Å². The zero-order valence-corrected chi connectivity index (χ0v) is 13.5. The number of hydrogen-bond acceptors (Lipinski definition) is 5. The molecule has 122 valence electrons. The average Bonchev–Trinajstić information content (AvgIpc) is 2.49. The predicted molar refractivity (Wildman–Crippen MR) is 88.3 cm³/mol. The number of hydrogen-bond donors (Lipinski definition) is 2. The number of benzene rings is 1. The van der Waals surface area contributed by atoms with Gasteiger partial charge in [0.25, 0.3) is 0 Å². The van der Waals surface area contributed by atoms with Crippen LogP contribution in [-0.4, -0.2) is 44.6 Å². The van der Waals surface area contributed by atoms with E-state index in [1.807, 2.05) is 12.1 Å². The number of nitrogens with two attached hydrogens (primary N) is 1. The lowest BCUT2D eigenvalue weighted by molar-refractivity contribution is 0.0734. The molecule has 0 fully saturated rings. The normalized spacial score (nSPS) is 10.2. The van der Waals surface area contributed by atoms with Crippen molar-refractivity contribution in [3.63, 3.8) is 0 Å². The molecule has 0 aromatic heterocycles. The zero-order valence-electron chi connectivity index (χ0n) is 12.7. The van der Waals surface area contributed by atoms with Gasteiger partial charge in [-0.2, -0.15) is 0 Å². The van der Waals surface area contributed by atoms with Gasteiger partial charge in [-0.05, 0) is 24.1 Å². The van der Waals surface area contributed by atoms with Crippen LogP contribution in [0.25, 0.3) is 0 Å². The lowest BCUT2D eigenvalue weighted by Gasteiger charge is -2.09. The van der Waals surface area contributed by atoms with E-state index in [0.29, 0.717) is 32.1 Å². The van der Waals surface area contributed by atoms with Gasteiger partial charge >= 0.3 is 6.09 Å². The quantitative estimate of drug-likeness (QED) is 0.502. The minimum Gasteiger partial charge on any atom is -0.411 e. The third kappa shape index (κ3) is 8.56. The summed E-state index contributed by atoms with van der Waals surface area (Å²) in [7, 11) is 1.64. The van der Waals surface area contributed by atoms with Crippen molar-refractivity contribution in [2.45, 2.75) is 12.8 Å². The van der Waals surface area contributed by atoms with Gasteiger partial charge in [0.05, 0.1) is 24.8 Å². The molecule has 0 spiro atoms. The first-order chi connectivity index (χ1) is 10.6. The van der Waals surface area contributed by atoms with Gasteiger partial charge in [-0.3, -0.25) is 0 Å². The Balaban J connectivity index is 2.16. The summed E-state index contributed by atoms with van der Waals surface area (Å²) in [5, 5.41) is 3.15. The van der Waals surface area contributed by atoms with E-state index in [1.165, 1.54) is 0 Å². The standard InChI is InChI=1S/C15H22N2O4S/c1-19-10-11-20-9-8-17-14(22)7-4-12-2-5-13(6-3-12)21-15(16)18/h2-3,5-6H,4,7-11H2,1H3,(H2,16,18)(H,17,22). The second-order valence-electron chi connectivity index (χ2n) is 4.52. The molecule has 1 aromatic rings. The van der Waals surface area contributed by atoms with Crippen LogP contribution < -0.4 is 15.8 Å². The Kier molecular flexibility index (Phi) is 9.13. The number of carbonyl (C=O) groups is 1. The molecule has 0 aliphatic carbocycles. The van der Waals surface area contributed by atoms with Crippen molar-refractivity contribution >= 4 is 23.3 Å². The van der Waals surface area contributed by atoms with Gasteiger partial charge in [0, 0.05) is 20.1 Å². The van der Waals surface area contributed by atoms with Crippen molar-refractivity contribution in [1.82, 2.24) is 5.32 Å². The maximum absolute atomic E-state index is 10.6. The minimum absolute atomic E-state index is 0.435. The highest BCUT2D eigenvalue weighted by molar-refractivity contribution is 7.80. The van der Waals surface area contributed by atoms with Crippen molar-refractivity contribution in [2.75, 3.05) is 33.5 Å². The largest absolute Gasteiger partial charge is 0.411 e. The summed E-state index contributed by atoms with van der Waals surface area (Å²) < 4.78 is 15.0. The van der Waals surface area contributed by atoms with E-state index in [-0.39, 0.29) is 0 Å². The molecular formula is C15H22N2O4S. The maximum atomic E-state index is 10.6. The van der Waals surface area contributed by atoms with Gasteiger partial charge in [-0.25, -0.2) is 4.79 Å². The predicted octanol–water partition coefficient (Wildman–Crippen LogP) is 1.66. The highest BCUT2D eigenvalue weighted by atomic mass is 32.1. The maximum Gasteiger partial charge on any atom is 0.409 e. The highest BCUT2D eigenvalue weighted by Gasteiger charge is 2.01. The number of methoxy groups -OCH3 is 1. The Morgan fingerprint density at radius 2 is 1.95 bits per heavy atom. The number of nitrogens with one attached hydrogen (secondary N) is 1. The Labute approximate surface area is 135 Å². The van der Waals surface area contributed by atoms with E-state index in [4.69, 9.17) is 32.2 Å². The summed E-state index contributed by atoms with van der Waals surface area (Å²) in [6, 6.07) is 7.18. The first-order valence-corrected chi connectivity index (χ1v) is 7.42. The molecule has 3 N–H and O–H groups in total. The van der Waals surface area contributed by atoms with E-state index < -0.39 is 6.09 Å². The van der Waals surface area contributed by atoms with Crippen molar-refractivity contribution in [1.29, 1.82) is 0 Å². The molecule has 0 bridgehead atoms. The summed E-state index contributed by atoms with van der Waals surface area (Å²) >= 11 is 5.26. The van der Waals surface area contributed by atoms with Gasteiger partial charge in [0.1, 0.15) is 5.75 Å². The fourth-order valence-electron chi connectivity index (χ4n) is 1.69. The van der Waals surface area contributed by atoms with Crippen molar-refractivity contribution in [3.8, 4) is 5.75 Å². The molecule has 22 heavy (non-hydrogen) atoms. The van der Waals surface area contributed by atoms with Gasteiger partial charge in [0.2, 0.25) is 0 Å². The van der Waals surface area contributed by atoms with E-state index in [9.17, 15) is 4.79 Å². The van der Waals surface area contributed by atoms with E-state index >= 15 is 0 Å². The molecule has 1 rings (SSSR count). The van der Waals surface area contributed by atoms with E-state index in [1.54, 1.807) is 19.2 Å². The first kappa shape index (κ1) is 18.3. The van der Waals surface area contributed by atoms with Gasteiger partial charge < -0.3 is 25.3 Å². The monoisotopic (exact) mass is 326 g/mol. The molecule has 0 aliphatic rings. The molecule has 0 saturated heterocycles.